The van der Waals surface area contributed by atoms with Crippen molar-refractivity contribution in [3.8, 4) is 0 Å². The highest BCUT2D eigenvalue weighted by Gasteiger charge is 2.22. The molecule has 0 unspecified atom stereocenters. The van der Waals surface area contributed by atoms with Crippen LogP contribution in [0.25, 0.3) is 0 Å². The molecule has 0 saturated heterocycles. The summed E-state index contributed by atoms with van der Waals surface area (Å²) in [7, 11) is 0. The summed E-state index contributed by atoms with van der Waals surface area (Å²) in [5.74, 6) is -0.253. The normalized spacial score (nSPS) is 12.3. The molecule has 0 aliphatic rings. The van der Waals surface area contributed by atoms with Crippen LogP contribution in [0, 0.1) is 5.92 Å². The topological polar surface area (TPSA) is 46.2 Å². The molecule has 1 rings (SSSR count). The van der Waals surface area contributed by atoms with Gasteiger partial charge in [0.05, 0.1) is 6.04 Å². The monoisotopic (exact) mass is 267 g/mol. The average molecular weight is 268 g/mol. The van der Waals surface area contributed by atoms with Gasteiger partial charge in [0.2, 0.25) is 5.91 Å². The van der Waals surface area contributed by atoms with Gasteiger partial charge in [-0.25, -0.2) is 0 Å². The van der Waals surface area contributed by atoms with Crippen LogP contribution in [0.15, 0.2) is 24.3 Å². The first kappa shape index (κ1) is 14.7. The van der Waals surface area contributed by atoms with Gasteiger partial charge in [-0.05, 0) is 24.1 Å². The number of rotatable bonds is 5. The van der Waals surface area contributed by atoms with E-state index in [1.165, 1.54) is 6.92 Å². The highest BCUT2D eigenvalue weighted by Crippen LogP contribution is 2.13. The van der Waals surface area contributed by atoms with E-state index in [4.69, 9.17) is 11.6 Å². The fourth-order valence-corrected chi connectivity index (χ4v) is 1.85. The molecular formula is C14H18ClNO2. The number of Topliss-reactive ketones (excluding diaryl/α,β-unsaturated/α-hetero) is 1. The summed E-state index contributed by atoms with van der Waals surface area (Å²) in [6.45, 7) is 5.08. The van der Waals surface area contributed by atoms with Crippen LogP contribution in [-0.2, 0) is 16.0 Å². The SMILES string of the molecule is CC(=O)N[C@@H](Cc1ccc(Cl)cc1)C(=O)C(C)C. The standard InChI is InChI=1S/C14H18ClNO2/c1-9(2)14(18)13(16-10(3)17)8-11-4-6-12(15)7-5-11/h4-7,9,13H,8H2,1-3H3,(H,16,17)/t13-/m0/s1. The van der Waals surface area contributed by atoms with E-state index in [0.29, 0.717) is 11.4 Å². The van der Waals surface area contributed by atoms with Crippen molar-refractivity contribution in [3.63, 3.8) is 0 Å². The zero-order chi connectivity index (χ0) is 13.7. The minimum absolute atomic E-state index is 0.0418. The molecule has 1 aromatic carbocycles. The number of carbonyl (C=O) groups is 2. The average Bonchev–Trinajstić information content (AvgIpc) is 2.29. The van der Waals surface area contributed by atoms with Gasteiger partial charge in [0.15, 0.2) is 5.78 Å². The first-order valence-electron chi connectivity index (χ1n) is 5.95. The second-order valence-corrected chi connectivity index (χ2v) is 5.08. The van der Waals surface area contributed by atoms with Crippen molar-refractivity contribution in [2.75, 3.05) is 0 Å². The zero-order valence-electron chi connectivity index (χ0n) is 10.9. The van der Waals surface area contributed by atoms with E-state index >= 15 is 0 Å². The molecule has 1 amide bonds. The Morgan fingerprint density at radius 2 is 1.78 bits per heavy atom. The number of carbonyl (C=O) groups excluding carboxylic acids is 2. The van der Waals surface area contributed by atoms with Crippen molar-refractivity contribution in [2.24, 2.45) is 5.92 Å². The third kappa shape index (κ3) is 4.49. The first-order chi connectivity index (χ1) is 8.40. The predicted octanol–water partition coefficient (Wildman–Crippen LogP) is 2.61. The van der Waals surface area contributed by atoms with Crippen LogP contribution in [0.3, 0.4) is 0 Å². The van der Waals surface area contributed by atoms with E-state index in [9.17, 15) is 9.59 Å². The Bertz CT molecular complexity index is 426. The maximum atomic E-state index is 12.0. The van der Waals surface area contributed by atoms with Crippen LogP contribution in [0.5, 0.6) is 0 Å². The number of halogens is 1. The Labute approximate surface area is 113 Å². The quantitative estimate of drug-likeness (QED) is 0.891. The molecule has 0 aliphatic heterocycles. The summed E-state index contributed by atoms with van der Waals surface area (Å²) in [5.41, 5.74) is 0.979. The molecule has 0 bridgehead atoms. The summed E-state index contributed by atoms with van der Waals surface area (Å²) >= 11 is 5.81. The fourth-order valence-electron chi connectivity index (χ4n) is 1.73. The third-order valence-corrected chi connectivity index (χ3v) is 2.90. The highest BCUT2D eigenvalue weighted by molar-refractivity contribution is 6.30. The summed E-state index contributed by atoms with van der Waals surface area (Å²) < 4.78 is 0. The van der Waals surface area contributed by atoms with Gasteiger partial charge in [-0.1, -0.05) is 37.6 Å². The van der Waals surface area contributed by atoms with Gasteiger partial charge in [-0.2, -0.15) is 0 Å². The van der Waals surface area contributed by atoms with E-state index in [-0.39, 0.29) is 17.6 Å². The summed E-state index contributed by atoms with van der Waals surface area (Å²) in [6.07, 6.45) is 0.494. The largest absolute Gasteiger partial charge is 0.346 e. The predicted molar refractivity (Wildman–Crippen MR) is 72.6 cm³/mol. The molecule has 0 heterocycles. The molecule has 0 spiro atoms. The maximum Gasteiger partial charge on any atom is 0.217 e. The summed E-state index contributed by atoms with van der Waals surface area (Å²) in [5, 5.41) is 3.36. The van der Waals surface area contributed by atoms with Crippen LogP contribution in [0.4, 0.5) is 0 Å². The second-order valence-electron chi connectivity index (χ2n) is 4.64. The molecule has 4 heteroatoms. The number of amides is 1. The van der Waals surface area contributed by atoms with Crippen LogP contribution < -0.4 is 5.32 Å². The van der Waals surface area contributed by atoms with Gasteiger partial charge in [-0.15, -0.1) is 0 Å². The van der Waals surface area contributed by atoms with Crippen molar-refractivity contribution >= 4 is 23.3 Å². The van der Waals surface area contributed by atoms with Gasteiger partial charge in [0, 0.05) is 17.9 Å². The lowest BCUT2D eigenvalue weighted by Crippen LogP contribution is -2.43. The maximum absolute atomic E-state index is 12.0. The smallest absolute Gasteiger partial charge is 0.217 e. The Morgan fingerprint density at radius 3 is 2.22 bits per heavy atom. The lowest BCUT2D eigenvalue weighted by Gasteiger charge is -2.18. The molecule has 98 valence electrons. The van der Waals surface area contributed by atoms with Crippen molar-refractivity contribution < 1.29 is 9.59 Å². The van der Waals surface area contributed by atoms with E-state index in [1.807, 2.05) is 26.0 Å². The van der Waals surface area contributed by atoms with Crippen molar-refractivity contribution in [1.29, 1.82) is 0 Å². The Morgan fingerprint density at radius 1 is 1.22 bits per heavy atom. The number of nitrogens with one attached hydrogen (secondary N) is 1. The Balaban J connectivity index is 2.81. The molecule has 1 N–H and O–H groups in total. The molecule has 0 saturated carbocycles. The molecule has 1 atom stereocenters. The van der Waals surface area contributed by atoms with Crippen LogP contribution in [0.2, 0.25) is 5.02 Å². The van der Waals surface area contributed by atoms with Gasteiger partial charge >= 0.3 is 0 Å². The van der Waals surface area contributed by atoms with E-state index < -0.39 is 6.04 Å². The van der Waals surface area contributed by atoms with E-state index in [2.05, 4.69) is 5.32 Å². The van der Waals surface area contributed by atoms with Gasteiger partial charge in [-0.3, -0.25) is 9.59 Å². The Kier molecular flexibility index (Phi) is 5.35. The number of hydrogen-bond acceptors (Lipinski definition) is 2. The molecule has 0 aliphatic carbocycles. The van der Waals surface area contributed by atoms with Crippen LogP contribution in [0.1, 0.15) is 26.3 Å². The minimum atomic E-state index is -0.469. The number of hydrogen-bond donors (Lipinski definition) is 1. The van der Waals surface area contributed by atoms with Crippen LogP contribution in [-0.4, -0.2) is 17.7 Å². The summed E-state index contributed by atoms with van der Waals surface area (Å²) in [4.78, 5) is 23.2. The lowest BCUT2D eigenvalue weighted by atomic mass is 9.96. The lowest BCUT2D eigenvalue weighted by molar-refractivity contribution is -0.128. The third-order valence-electron chi connectivity index (χ3n) is 2.64. The summed E-state index contributed by atoms with van der Waals surface area (Å²) in [6, 6.07) is 6.82. The molecule has 3 nitrogen and oxygen atoms in total. The van der Waals surface area contributed by atoms with Gasteiger partial charge in [0.25, 0.3) is 0 Å². The van der Waals surface area contributed by atoms with Gasteiger partial charge in [0.1, 0.15) is 0 Å². The zero-order valence-corrected chi connectivity index (χ0v) is 11.6. The molecule has 0 fully saturated rings. The minimum Gasteiger partial charge on any atom is -0.346 e. The molecule has 1 aromatic rings. The molecule has 0 aromatic heterocycles. The molecule has 0 radical (unpaired) electrons. The fraction of sp³-hybridized carbons (Fsp3) is 0.429. The number of ketones is 1. The van der Waals surface area contributed by atoms with E-state index in [0.717, 1.165) is 5.56 Å². The Hall–Kier alpha value is -1.35. The van der Waals surface area contributed by atoms with Crippen molar-refractivity contribution in [1.82, 2.24) is 5.32 Å². The second kappa shape index (κ2) is 6.55. The number of benzene rings is 1. The van der Waals surface area contributed by atoms with Crippen molar-refractivity contribution in [3.05, 3.63) is 34.9 Å². The first-order valence-corrected chi connectivity index (χ1v) is 6.33. The van der Waals surface area contributed by atoms with Gasteiger partial charge < -0.3 is 5.32 Å². The van der Waals surface area contributed by atoms with E-state index in [1.54, 1.807) is 12.1 Å². The van der Waals surface area contributed by atoms with Crippen molar-refractivity contribution in [2.45, 2.75) is 33.2 Å². The highest BCUT2D eigenvalue weighted by atomic mass is 35.5. The molecular weight excluding hydrogens is 250 g/mol. The van der Waals surface area contributed by atoms with Crippen LogP contribution >= 0.6 is 11.6 Å². The molecule has 18 heavy (non-hydrogen) atoms.